The lowest BCUT2D eigenvalue weighted by Gasteiger charge is -2.00. The summed E-state index contributed by atoms with van der Waals surface area (Å²) in [7, 11) is 0. The summed E-state index contributed by atoms with van der Waals surface area (Å²) in [5.41, 5.74) is 2.36. The molecular formula is C17H12ClNO2S. The Morgan fingerprint density at radius 2 is 1.77 bits per heavy atom. The summed E-state index contributed by atoms with van der Waals surface area (Å²) in [5, 5.41) is 10.6. The molecule has 0 aliphatic rings. The highest BCUT2D eigenvalue weighted by molar-refractivity contribution is 7.17. The van der Waals surface area contributed by atoms with E-state index in [0.717, 1.165) is 22.5 Å². The molecule has 0 atom stereocenters. The molecule has 0 bridgehead atoms. The first-order valence-electron chi connectivity index (χ1n) is 6.67. The van der Waals surface area contributed by atoms with Crippen LogP contribution in [0, 0.1) is 0 Å². The number of nitrogens with zero attached hydrogens (tertiary/aromatic N) is 1. The van der Waals surface area contributed by atoms with Gasteiger partial charge >= 0.3 is 5.97 Å². The fourth-order valence-electron chi connectivity index (χ4n) is 2.18. The van der Waals surface area contributed by atoms with Gasteiger partial charge in [-0.3, -0.25) is 0 Å². The highest BCUT2D eigenvalue weighted by Gasteiger charge is 2.19. The maximum absolute atomic E-state index is 11.5. The minimum absolute atomic E-state index is 0.263. The molecule has 0 saturated heterocycles. The molecule has 1 N–H and O–H groups in total. The van der Waals surface area contributed by atoms with Gasteiger partial charge in [-0.1, -0.05) is 60.1 Å². The number of rotatable bonds is 4. The third kappa shape index (κ3) is 3.03. The van der Waals surface area contributed by atoms with Gasteiger partial charge in [0.2, 0.25) is 0 Å². The van der Waals surface area contributed by atoms with Gasteiger partial charge in [-0.2, -0.15) is 0 Å². The van der Waals surface area contributed by atoms with Crippen LogP contribution >= 0.6 is 22.9 Å². The average molecular weight is 330 g/mol. The Kier molecular flexibility index (Phi) is 4.22. The fourth-order valence-corrected chi connectivity index (χ4v) is 3.42. The number of hydrogen-bond donors (Lipinski definition) is 1. The summed E-state index contributed by atoms with van der Waals surface area (Å²) < 4.78 is 0. The Labute approximate surface area is 136 Å². The Bertz CT molecular complexity index is 815. The van der Waals surface area contributed by atoms with Crippen molar-refractivity contribution in [1.29, 1.82) is 0 Å². The fraction of sp³-hybridized carbons (Fsp3) is 0.0588. The van der Waals surface area contributed by atoms with Gasteiger partial charge < -0.3 is 5.11 Å². The number of benzene rings is 2. The molecule has 1 aromatic heterocycles. The molecule has 0 radical (unpaired) electrons. The van der Waals surface area contributed by atoms with E-state index in [1.807, 2.05) is 48.5 Å². The van der Waals surface area contributed by atoms with Crippen molar-refractivity contribution in [3.63, 3.8) is 0 Å². The molecule has 1 heterocycles. The van der Waals surface area contributed by atoms with Crippen LogP contribution in [-0.2, 0) is 6.42 Å². The van der Waals surface area contributed by atoms with Crippen molar-refractivity contribution in [3.8, 4) is 10.6 Å². The second-order valence-corrected chi connectivity index (χ2v) is 6.15. The smallest absolute Gasteiger partial charge is 0.347 e. The van der Waals surface area contributed by atoms with Crippen LogP contribution in [0.3, 0.4) is 0 Å². The Balaban J connectivity index is 2.03. The molecule has 5 heteroatoms. The molecule has 0 unspecified atom stereocenters. The molecular weight excluding hydrogens is 318 g/mol. The van der Waals surface area contributed by atoms with E-state index in [-0.39, 0.29) is 4.88 Å². The van der Waals surface area contributed by atoms with E-state index in [1.165, 1.54) is 0 Å². The van der Waals surface area contributed by atoms with E-state index >= 15 is 0 Å². The van der Waals surface area contributed by atoms with Gasteiger partial charge in [-0.05, 0) is 11.6 Å². The lowest BCUT2D eigenvalue weighted by atomic mass is 10.1. The van der Waals surface area contributed by atoms with Crippen molar-refractivity contribution >= 4 is 28.9 Å². The zero-order valence-electron chi connectivity index (χ0n) is 11.5. The quantitative estimate of drug-likeness (QED) is 0.751. The molecule has 3 nitrogen and oxygen atoms in total. The zero-order valence-corrected chi connectivity index (χ0v) is 13.1. The van der Waals surface area contributed by atoms with Crippen molar-refractivity contribution in [2.75, 3.05) is 0 Å². The monoisotopic (exact) mass is 329 g/mol. The predicted octanol–water partition coefficient (Wildman–Crippen LogP) is 4.75. The number of carboxylic acid groups (broad SMARTS) is 1. The van der Waals surface area contributed by atoms with E-state index < -0.39 is 5.97 Å². The van der Waals surface area contributed by atoms with E-state index in [0.29, 0.717) is 22.1 Å². The predicted molar refractivity (Wildman–Crippen MR) is 88.8 cm³/mol. The summed E-state index contributed by atoms with van der Waals surface area (Å²) >= 11 is 7.34. The van der Waals surface area contributed by atoms with Crippen LogP contribution in [0.2, 0.25) is 5.02 Å². The molecule has 0 saturated carbocycles. The Hall–Kier alpha value is -2.17. The maximum atomic E-state index is 11.5. The van der Waals surface area contributed by atoms with E-state index in [4.69, 9.17) is 11.6 Å². The highest BCUT2D eigenvalue weighted by atomic mass is 35.5. The van der Waals surface area contributed by atoms with Gasteiger partial charge in [0, 0.05) is 12.0 Å². The van der Waals surface area contributed by atoms with Gasteiger partial charge in [0.15, 0.2) is 0 Å². The molecule has 0 aliphatic carbocycles. The summed E-state index contributed by atoms with van der Waals surface area (Å²) in [5.74, 6) is -0.957. The molecule has 110 valence electrons. The number of carboxylic acids is 1. The number of hydrogen-bond acceptors (Lipinski definition) is 3. The average Bonchev–Trinajstić information content (AvgIpc) is 2.92. The van der Waals surface area contributed by atoms with E-state index in [2.05, 4.69) is 4.98 Å². The summed E-state index contributed by atoms with van der Waals surface area (Å²) in [6.07, 6.45) is 0.490. The van der Waals surface area contributed by atoms with Gasteiger partial charge in [0.1, 0.15) is 9.88 Å². The third-order valence-corrected chi connectivity index (χ3v) is 4.66. The van der Waals surface area contributed by atoms with Gasteiger partial charge in [-0.15, -0.1) is 11.3 Å². The molecule has 3 aromatic rings. The van der Waals surface area contributed by atoms with Crippen molar-refractivity contribution in [2.24, 2.45) is 0 Å². The lowest BCUT2D eigenvalue weighted by Crippen LogP contribution is -1.99. The highest BCUT2D eigenvalue weighted by Crippen LogP contribution is 2.33. The summed E-state index contributed by atoms with van der Waals surface area (Å²) in [4.78, 5) is 16.3. The number of thiazole rings is 1. The topological polar surface area (TPSA) is 50.2 Å². The maximum Gasteiger partial charge on any atom is 0.347 e. The van der Waals surface area contributed by atoms with E-state index in [9.17, 15) is 9.90 Å². The molecule has 0 amide bonds. The second-order valence-electron chi connectivity index (χ2n) is 4.74. The Morgan fingerprint density at radius 3 is 2.45 bits per heavy atom. The van der Waals surface area contributed by atoms with Crippen molar-refractivity contribution in [3.05, 3.63) is 75.8 Å². The van der Waals surface area contributed by atoms with Crippen molar-refractivity contribution in [2.45, 2.75) is 6.42 Å². The molecule has 0 fully saturated rings. The summed E-state index contributed by atoms with van der Waals surface area (Å²) in [6, 6.07) is 17.0. The minimum Gasteiger partial charge on any atom is -0.477 e. The molecule has 3 rings (SSSR count). The van der Waals surface area contributed by atoms with Crippen LogP contribution in [0.4, 0.5) is 0 Å². The van der Waals surface area contributed by atoms with Crippen LogP contribution in [0.1, 0.15) is 20.9 Å². The first-order valence-corrected chi connectivity index (χ1v) is 7.86. The van der Waals surface area contributed by atoms with Crippen LogP contribution in [0.25, 0.3) is 10.6 Å². The van der Waals surface area contributed by atoms with Crippen LogP contribution in [0.15, 0.2) is 54.6 Å². The third-order valence-electron chi connectivity index (χ3n) is 3.21. The SMILES string of the molecule is O=C(O)c1sc(-c2ccccc2Cl)nc1Cc1ccccc1. The van der Waals surface area contributed by atoms with Crippen LogP contribution < -0.4 is 0 Å². The minimum atomic E-state index is -0.957. The van der Waals surface area contributed by atoms with Crippen molar-refractivity contribution in [1.82, 2.24) is 4.98 Å². The summed E-state index contributed by atoms with van der Waals surface area (Å²) in [6.45, 7) is 0. The van der Waals surface area contributed by atoms with Crippen LogP contribution in [0.5, 0.6) is 0 Å². The number of carbonyl (C=O) groups is 1. The largest absolute Gasteiger partial charge is 0.477 e. The zero-order chi connectivity index (χ0) is 15.5. The second kappa shape index (κ2) is 6.30. The number of halogens is 1. The molecule has 22 heavy (non-hydrogen) atoms. The number of aromatic nitrogens is 1. The molecule has 0 aliphatic heterocycles. The van der Waals surface area contributed by atoms with Gasteiger partial charge in [0.25, 0.3) is 0 Å². The Morgan fingerprint density at radius 1 is 1.09 bits per heavy atom. The first-order chi connectivity index (χ1) is 10.6. The number of aromatic carboxylic acids is 1. The first kappa shape index (κ1) is 14.8. The molecule has 2 aromatic carbocycles. The normalized spacial score (nSPS) is 10.6. The van der Waals surface area contributed by atoms with Crippen LogP contribution in [-0.4, -0.2) is 16.1 Å². The molecule has 0 spiro atoms. The van der Waals surface area contributed by atoms with E-state index in [1.54, 1.807) is 6.07 Å². The van der Waals surface area contributed by atoms with Gasteiger partial charge in [0.05, 0.1) is 10.7 Å². The van der Waals surface area contributed by atoms with Crippen molar-refractivity contribution < 1.29 is 9.90 Å². The lowest BCUT2D eigenvalue weighted by molar-refractivity contribution is 0.0701. The standard InChI is InChI=1S/C17H12ClNO2S/c18-13-9-5-4-8-12(13)16-19-14(15(22-16)17(20)21)10-11-6-2-1-3-7-11/h1-9H,10H2,(H,20,21). The van der Waals surface area contributed by atoms with Gasteiger partial charge in [-0.25, -0.2) is 9.78 Å².